The summed E-state index contributed by atoms with van der Waals surface area (Å²) < 4.78 is 2.11. The summed E-state index contributed by atoms with van der Waals surface area (Å²) in [5.74, 6) is 0. The molecule has 0 saturated heterocycles. The predicted molar refractivity (Wildman–Crippen MR) is 71.0 cm³/mol. The van der Waals surface area contributed by atoms with E-state index < -0.39 is 0 Å². The highest BCUT2D eigenvalue weighted by Gasteiger charge is 2.07. The van der Waals surface area contributed by atoms with Crippen molar-refractivity contribution in [1.29, 1.82) is 5.26 Å². The lowest BCUT2D eigenvalue weighted by Gasteiger charge is -2.04. The van der Waals surface area contributed by atoms with Crippen LogP contribution in [-0.4, -0.2) is 4.57 Å². The Morgan fingerprint density at radius 3 is 2.78 bits per heavy atom. The van der Waals surface area contributed by atoms with Gasteiger partial charge in [0.15, 0.2) is 0 Å². The van der Waals surface area contributed by atoms with Crippen LogP contribution in [0.2, 0.25) is 0 Å². The lowest BCUT2D eigenvalue weighted by molar-refractivity contribution is 0.836. The molecule has 2 aromatic carbocycles. The zero-order chi connectivity index (χ0) is 12.4. The molecule has 0 spiro atoms. The molecular formula is C16H11N2. The highest BCUT2D eigenvalue weighted by Crippen LogP contribution is 2.21. The number of nitriles is 1. The normalized spacial score (nSPS) is 10.4. The number of nitrogens with zero attached hydrogens (tertiary/aromatic N) is 2. The number of fused-ring (bicyclic) bond motifs is 1. The molecule has 0 aliphatic carbocycles. The van der Waals surface area contributed by atoms with Crippen LogP contribution in [0.25, 0.3) is 10.9 Å². The average Bonchev–Trinajstić information content (AvgIpc) is 2.78. The second kappa shape index (κ2) is 4.38. The van der Waals surface area contributed by atoms with E-state index in [1.54, 1.807) is 0 Å². The van der Waals surface area contributed by atoms with Gasteiger partial charge in [-0.1, -0.05) is 36.4 Å². The van der Waals surface area contributed by atoms with Gasteiger partial charge in [0.25, 0.3) is 0 Å². The van der Waals surface area contributed by atoms with Gasteiger partial charge in [-0.2, -0.15) is 5.26 Å². The van der Waals surface area contributed by atoms with Crippen molar-refractivity contribution >= 4 is 10.9 Å². The van der Waals surface area contributed by atoms with E-state index in [-0.39, 0.29) is 0 Å². The fraction of sp³-hybridized carbons (Fsp3) is 0.0625. The SMILES string of the molecule is N#Cc1cn(Cc2ccccc2)c2cc[c]cc12. The van der Waals surface area contributed by atoms with Gasteiger partial charge in [-0.05, 0) is 23.8 Å². The molecular weight excluding hydrogens is 220 g/mol. The zero-order valence-electron chi connectivity index (χ0n) is 9.80. The van der Waals surface area contributed by atoms with Crippen LogP contribution >= 0.6 is 0 Å². The first-order valence-electron chi connectivity index (χ1n) is 5.81. The first-order valence-corrected chi connectivity index (χ1v) is 5.81. The number of benzene rings is 2. The number of aromatic nitrogens is 1. The van der Waals surface area contributed by atoms with Crippen molar-refractivity contribution in [2.75, 3.05) is 0 Å². The number of rotatable bonds is 2. The molecule has 0 aliphatic heterocycles. The Balaban J connectivity index is 2.11. The molecule has 0 amide bonds. The van der Waals surface area contributed by atoms with E-state index >= 15 is 0 Å². The largest absolute Gasteiger partial charge is 0.342 e. The lowest BCUT2D eigenvalue weighted by Crippen LogP contribution is -1.97. The maximum absolute atomic E-state index is 9.14. The summed E-state index contributed by atoms with van der Waals surface area (Å²) in [6, 6.07) is 21.3. The maximum atomic E-state index is 9.14. The maximum Gasteiger partial charge on any atom is 0.101 e. The third-order valence-corrected chi connectivity index (χ3v) is 3.04. The van der Waals surface area contributed by atoms with Crippen molar-refractivity contribution < 1.29 is 0 Å². The van der Waals surface area contributed by atoms with E-state index in [4.69, 9.17) is 5.26 Å². The van der Waals surface area contributed by atoms with Gasteiger partial charge in [-0.15, -0.1) is 0 Å². The van der Waals surface area contributed by atoms with Crippen LogP contribution in [0.4, 0.5) is 0 Å². The van der Waals surface area contributed by atoms with E-state index in [2.05, 4.69) is 28.8 Å². The smallest absolute Gasteiger partial charge is 0.101 e. The average molecular weight is 231 g/mol. The van der Waals surface area contributed by atoms with E-state index in [1.807, 2.05) is 42.6 Å². The molecule has 1 radical (unpaired) electrons. The molecule has 1 heterocycles. The fourth-order valence-electron chi connectivity index (χ4n) is 2.18. The molecule has 0 unspecified atom stereocenters. The van der Waals surface area contributed by atoms with Gasteiger partial charge < -0.3 is 4.57 Å². The minimum atomic E-state index is 0.706. The molecule has 3 rings (SSSR count). The van der Waals surface area contributed by atoms with Crippen molar-refractivity contribution in [2.24, 2.45) is 0 Å². The van der Waals surface area contributed by atoms with Crippen molar-refractivity contribution in [3.63, 3.8) is 0 Å². The summed E-state index contributed by atoms with van der Waals surface area (Å²) >= 11 is 0. The van der Waals surface area contributed by atoms with E-state index in [1.165, 1.54) is 5.56 Å². The molecule has 0 atom stereocenters. The minimum Gasteiger partial charge on any atom is -0.342 e. The second-order valence-corrected chi connectivity index (χ2v) is 4.21. The summed E-state index contributed by atoms with van der Waals surface area (Å²) in [7, 11) is 0. The van der Waals surface area contributed by atoms with Crippen LogP contribution in [0.15, 0.2) is 54.7 Å². The Morgan fingerprint density at radius 2 is 2.00 bits per heavy atom. The summed E-state index contributed by atoms with van der Waals surface area (Å²) in [4.78, 5) is 0. The van der Waals surface area contributed by atoms with E-state index in [0.29, 0.717) is 5.56 Å². The molecule has 0 saturated carbocycles. The van der Waals surface area contributed by atoms with Gasteiger partial charge in [-0.3, -0.25) is 0 Å². The standard InChI is InChI=1S/C16H11N2/c17-10-14-12-18(11-13-6-2-1-3-7-13)16-9-5-4-8-15(14)16/h1-3,5-9,12H,11H2. The van der Waals surface area contributed by atoms with Crippen molar-refractivity contribution in [3.8, 4) is 6.07 Å². The monoisotopic (exact) mass is 231 g/mol. The molecule has 2 heteroatoms. The van der Waals surface area contributed by atoms with Crippen molar-refractivity contribution in [2.45, 2.75) is 6.54 Å². The van der Waals surface area contributed by atoms with E-state index in [9.17, 15) is 0 Å². The minimum absolute atomic E-state index is 0.706. The first-order chi connectivity index (χ1) is 8.88. The molecule has 0 aliphatic rings. The third kappa shape index (κ3) is 1.76. The molecule has 1 aromatic heterocycles. The summed E-state index contributed by atoms with van der Waals surface area (Å²) in [5.41, 5.74) is 3.01. The zero-order valence-corrected chi connectivity index (χ0v) is 9.80. The summed E-state index contributed by atoms with van der Waals surface area (Å²) in [6.45, 7) is 0.781. The quantitative estimate of drug-likeness (QED) is 0.664. The van der Waals surface area contributed by atoms with Gasteiger partial charge in [0.1, 0.15) is 6.07 Å². The van der Waals surface area contributed by atoms with Crippen LogP contribution in [-0.2, 0) is 6.54 Å². The highest BCUT2D eigenvalue weighted by atomic mass is 15.0. The van der Waals surface area contributed by atoms with Crippen LogP contribution in [0.5, 0.6) is 0 Å². The van der Waals surface area contributed by atoms with Crippen molar-refractivity contribution in [3.05, 3.63) is 71.9 Å². The molecule has 0 fully saturated rings. The Morgan fingerprint density at radius 1 is 1.17 bits per heavy atom. The summed E-state index contributed by atoms with van der Waals surface area (Å²) in [6.07, 6.45) is 1.91. The molecule has 2 nitrogen and oxygen atoms in total. The van der Waals surface area contributed by atoms with Gasteiger partial charge in [0, 0.05) is 23.6 Å². The summed E-state index contributed by atoms with van der Waals surface area (Å²) in [5, 5.41) is 10.1. The number of hydrogen-bond donors (Lipinski definition) is 0. The Labute approximate surface area is 106 Å². The molecule has 3 aromatic rings. The number of hydrogen-bond acceptors (Lipinski definition) is 1. The van der Waals surface area contributed by atoms with Crippen molar-refractivity contribution in [1.82, 2.24) is 4.57 Å². The van der Waals surface area contributed by atoms with Crippen LogP contribution in [0.3, 0.4) is 0 Å². The van der Waals surface area contributed by atoms with Gasteiger partial charge in [0.05, 0.1) is 5.56 Å². The Bertz CT molecular complexity index is 718. The molecule has 18 heavy (non-hydrogen) atoms. The first kappa shape index (κ1) is 10.6. The van der Waals surface area contributed by atoms with Gasteiger partial charge in [-0.25, -0.2) is 0 Å². The Hall–Kier alpha value is -2.53. The topological polar surface area (TPSA) is 28.7 Å². The van der Waals surface area contributed by atoms with Crippen LogP contribution < -0.4 is 0 Å². The van der Waals surface area contributed by atoms with Gasteiger partial charge in [0.2, 0.25) is 0 Å². The lowest BCUT2D eigenvalue weighted by atomic mass is 10.2. The molecule has 0 bridgehead atoms. The molecule has 0 N–H and O–H groups in total. The van der Waals surface area contributed by atoms with Crippen LogP contribution in [0.1, 0.15) is 11.1 Å². The van der Waals surface area contributed by atoms with Gasteiger partial charge >= 0.3 is 0 Å². The predicted octanol–water partition coefficient (Wildman–Crippen LogP) is 3.36. The van der Waals surface area contributed by atoms with Crippen LogP contribution in [0, 0.1) is 17.4 Å². The third-order valence-electron chi connectivity index (χ3n) is 3.04. The second-order valence-electron chi connectivity index (χ2n) is 4.21. The Kier molecular flexibility index (Phi) is 2.59. The fourth-order valence-corrected chi connectivity index (χ4v) is 2.18. The highest BCUT2D eigenvalue weighted by molar-refractivity contribution is 5.86. The van der Waals surface area contributed by atoms with E-state index in [0.717, 1.165) is 17.4 Å². The molecule has 85 valence electrons.